The molecule has 8 rings (SSSR count). The molecule has 13 heteroatoms. The number of carbonyl (C=O) groups excluding carboxylic acids is 1. The first-order valence-electron chi connectivity index (χ1n) is 16.8. The molecule has 4 saturated heterocycles. The van der Waals surface area contributed by atoms with Crippen LogP contribution in [-0.4, -0.2) is 107 Å². The molecule has 9 nitrogen and oxygen atoms in total. The van der Waals surface area contributed by atoms with Crippen LogP contribution in [0.25, 0.3) is 32.9 Å². The zero-order valence-electron chi connectivity index (χ0n) is 27.1. The van der Waals surface area contributed by atoms with Crippen molar-refractivity contribution in [2.24, 2.45) is 0 Å². The number of nitrogens with one attached hydrogen (secondary N) is 1. The van der Waals surface area contributed by atoms with Gasteiger partial charge in [-0.05, 0) is 43.8 Å². The second kappa shape index (κ2) is 12.7. The van der Waals surface area contributed by atoms with Crippen LogP contribution in [0.2, 0.25) is 5.02 Å². The number of pyridine rings is 1. The summed E-state index contributed by atoms with van der Waals surface area (Å²) >= 11 is 6.59. The van der Waals surface area contributed by atoms with E-state index in [1.807, 2.05) is 30.3 Å². The molecule has 0 aliphatic carbocycles. The number of anilines is 1. The Morgan fingerprint density at radius 2 is 2.00 bits per heavy atom. The van der Waals surface area contributed by atoms with Gasteiger partial charge in [-0.25, -0.2) is 13.2 Å². The van der Waals surface area contributed by atoms with Crippen molar-refractivity contribution in [1.29, 1.82) is 0 Å². The number of hydrogen-bond acceptors (Lipinski definition) is 8. The van der Waals surface area contributed by atoms with Gasteiger partial charge in [-0.15, -0.1) is 0 Å². The number of hydrogen-bond donors (Lipinski definition) is 1. The number of aromatic nitrogens is 3. The van der Waals surface area contributed by atoms with Crippen LogP contribution in [0, 0.1) is 5.82 Å². The summed E-state index contributed by atoms with van der Waals surface area (Å²) in [6.07, 6.45) is 5.47. The van der Waals surface area contributed by atoms with E-state index < -0.39 is 29.7 Å². The lowest BCUT2D eigenvalue weighted by atomic mass is 9.95. The van der Waals surface area contributed by atoms with Crippen LogP contribution in [-0.2, 0) is 4.79 Å². The first-order valence-corrected chi connectivity index (χ1v) is 17.2. The second-order valence-electron chi connectivity index (χ2n) is 13.7. The van der Waals surface area contributed by atoms with E-state index in [1.165, 1.54) is 17.2 Å². The van der Waals surface area contributed by atoms with Crippen LogP contribution in [0.15, 0.2) is 54.7 Å². The molecule has 0 bridgehead atoms. The van der Waals surface area contributed by atoms with Gasteiger partial charge in [0.05, 0.1) is 23.5 Å². The van der Waals surface area contributed by atoms with Crippen molar-refractivity contribution in [3.63, 3.8) is 0 Å². The molecule has 4 aromatic rings. The zero-order valence-corrected chi connectivity index (χ0v) is 27.8. The van der Waals surface area contributed by atoms with Crippen LogP contribution in [0.3, 0.4) is 0 Å². The molecule has 256 valence electrons. The summed E-state index contributed by atoms with van der Waals surface area (Å²) in [5.74, 6) is -0.745. The SMILES string of the molecule is CN(c1nc(OC[C@@]23CCCN2C[C@H](F)C3)nc2c(F)c(-c3cccc4cccc(Cl)c34)ncc12)[C@@H]1CN(C(=O)/C=C/[C@H]2CCN2)C[C@H]1F. The predicted octanol–water partition coefficient (Wildman–Crippen LogP) is 5.50. The van der Waals surface area contributed by atoms with E-state index in [-0.39, 0.29) is 60.1 Å². The van der Waals surface area contributed by atoms with Crippen molar-refractivity contribution in [3.05, 3.63) is 65.6 Å². The fraction of sp³-hybridized carbons (Fsp3) is 0.444. The number of rotatable bonds is 8. The van der Waals surface area contributed by atoms with Crippen molar-refractivity contribution >= 4 is 45.0 Å². The van der Waals surface area contributed by atoms with Gasteiger partial charge in [0, 0.05) is 60.8 Å². The van der Waals surface area contributed by atoms with Crippen LogP contribution >= 0.6 is 11.6 Å². The van der Waals surface area contributed by atoms with Gasteiger partial charge in [0.2, 0.25) is 5.91 Å². The Labute approximate surface area is 287 Å². The molecule has 0 unspecified atom stereocenters. The van der Waals surface area contributed by atoms with E-state index in [4.69, 9.17) is 16.3 Å². The number of likely N-dealkylation sites (N-methyl/N-ethyl adjacent to an activating group) is 1. The Bertz CT molecular complexity index is 1960. The number of nitrogens with zero attached hydrogens (tertiary/aromatic N) is 6. The van der Waals surface area contributed by atoms with Gasteiger partial charge in [-0.1, -0.05) is 48.0 Å². The standard InChI is InChI=1S/C36H37ClF3N7O2/c1-45(28-19-46(18-27(28)39)29(48)10-9-23-11-13-41-23)34-25-16-42-32(24-7-2-5-21-6-3-8-26(37)30(21)24)31(40)33(25)43-35(44-34)49-20-36-12-4-14-47(36)17-22(38)15-36/h2-3,5-10,16,22-23,27-28,41H,4,11-15,17-20H2,1H3/b10-9+/t22-,23+,27-,28-,36+/m1/s1. The summed E-state index contributed by atoms with van der Waals surface area (Å²) in [5, 5.41) is 5.42. The Kier molecular flexibility index (Phi) is 8.36. The number of carbonyl (C=O) groups is 1. The number of alkyl halides is 2. The highest BCUT2D eigenvalue weighted by atomic mass is 35.5. The highest BCUT2D eigenvalue weighted by Crippen LogP contribution is 2.41. The topological polar surface area (TPSA) is 86.7 Å². The molecule has 1 N–H and O–H groups in total. The van der Waals surface area contributed by atoms with Crippen molar-refractivity contribution in [2.75, 3.05) is 51.3 Å². The van der Waals surface area contributed by atoms with Gasteiger partial charge in [-0.2, -0.15) is 9.97 Å². The maximum absolute atomic E-state index is 16.8. The van der Waals surface area contributed by atoms with Crippen LogP contribution in [0.1, 0.15) is 25.7 Å². The Morgan fingerprint density at radius 3 is 2.80 bits per heavy atom. The van der Waals surface area contributed by atoms with Crippen molar-refractivity contribution < 1.29 is 22.7 Å². The van der Waals surface area contributed by atoms with Gasteiger partial charge in [0.15, 0.2) is 5.82 Å². The van der Waals surface area contributed by atoms with Crippen LogP contribution in [0.5, 0.6) is 6.01 Å². The summed E-state index contributed by atoms with van der Waals surface area (Å²) in [7, 11) is 1.67. The molecule has 4 fully saturated rings. The average Bonchev–Trinajstić information content (AvgIpc) is 3.74. The Morgan fingerprint density at radius 1 is 1.18 bits per heavy atom. The van der Waals surface area contributed by atoms with E-state index >= 15 is 8.78 Å². The van der Waals surface area contributed by atoms with Crippen LogP contribution < -0.4 is 15.0 Å². The minimum absolute atomic E-state index is 0.0475. The monoisotopic (exact) mass is 691 g/mol. The largest absolute Gasteiger partial charge is 0.461 e. The van der Waals surface area contributed by atoms with Crippen molar-refractivity contribution in [1.82, 2.24) is 30.1 Å². The van der Waals surface area contributed by atoms with Crippen molar-refractivity contribution in [2.45, 2.75) is 55.6 Å². The zero-order chi connectivity index (χ0) is 33.9. The first-order chi connectivity index (χ1) is 23.7. The molecule has 2 aromatic carbocycles. The highest BCUT2D eigenvalue weighted by molar-refractivity contribution is 6.36. The molecule has 0 spiro atoms. The van der Waals surface area contributed by atoms with E-state index in [0.29, 0.717) is 28.9 Å². The van der Waals surface area contributed by atoms with Gasteiger partial charge >= 0.3 is 6.01 Å². The quantitative estimate of drug-likeness (QED) is 0.243. The molecule has 4 aliphatic rings. The maximum atomic E-state index is 16.8. The molecule has 5 atom stereocenters. The Balaban J connectivity index is 1.17. The lowest BCUT2D eigenvalue weighted by Gasteiger charge is -2.31. The molecule has 2 aromatic heterocycles. The number of likely N-dealkylation sites (tertiary alicyclic amines) is 1. The third-order valence-corrected chi connectivity index (χ3v) is 11.0. The number of fused-ring (bicyclic) bond motifs is 3. The summed E-state index contributed by atoms with van der Waals surface area (Å²) in [4.78, 5) is 31.9. The number of amides is 1. The first kappa shape index (κ1) is 32.2. The predicted molar refractivity (Wildman–Crippen MR) is 183 cm³/mol. The van der Waals surface area contributed by atoms with Gasteiger partial charge < -0.3 is 19.9 Å². The van der Waals surface area contributed by atoms with E-state index in [9.17, 15) is 9.18 Å². The third-order valence-electron chi connectivity index (χ3n) is 10.7. The van der Waals surface area contributed by atoms with Gasteiger partial charge in [0.25, 0.3) is 0 Å². The fourth-order valence-electron chi connectivity index (χ4n) is 7.91. The lowest BCUT2D eigenvalue weighted by molar-refractivity contribution is -0.125. The summed E-state index contributed by atoms with van der Waals surface area (Å²) in [6.45, 7) is 2.22. The van der Waals surface area contributed by atoms with E-state index in [0.717, 1.165) is 37.7 Å². The molecule has 0 saturated carbocycles. The second-order valence-corrected chi connectivity index (χ2v) is 14.1. The fourth-order valence-corrected chi connectivity index (χ4v) is 8.19. The van der Waals surface area contributed by atoms with Gasteiger partial charge in [-0.3, -0.25) is 14.7 Å². The minimum atomic E-state index is -1.39. The molecule has 0 radical (unpaired) electrons. The van der Waals surface area contributed by atoms with E-state index in [1.54, 1.807) is 24.1 Å². The normalized spacial score (nSPS) is 26.9. The molecular weight excluding hydrogens is 655 g/mol. The third kappa shape index (κ3) is 5.77. The molecule has 1 amide bonds. The molecule has 49 heavy (non-hydrogen) atoms. The average molecular weight is 692 g/mol. The molecule has 6 heterocycles. The minimum Gasteiger partial charge on any atom is -0.461 e. The molecular formula is C36H37ClF3N7O2. The number of halogens is 4. The van der Waals surface area contributed by atoms with Gasteiger partial charge in [0.1, 0.15) is 36.0 Å². The summed E-state index contributed by atoms with van der Waals surface area (Å²) in [6, 6.07) is 10.2. The Hall–Kier alpha value is -4.00. The van der Waals surface area contributed by atoms with Crippen molar-refractivity contribution in [3.8, 4) is 17.3 Å². The smallest absolute Gasteiger partial charge is 0.319 e. The number of benzene rings is 2. The maximum Gasteiger partial charge on any atom is 0.319 e. The summed E-state index contributed by atoms with van der Waals surface area (Å²) < 4.78 is 53.2. The summed E-state index contributed by atoms with van der Waals surface area (Å²) in [5.41, 5.74) is 0.0195. The highest BCUT2D eigenvalue weighted by Gasteiger charge is 2.49. The molecule has 4 aliphatic heterocycles. The lowest BCUT2D eigenvalue weighted by Crippen LogP contribution is -2.43. The van der Waals surface area contributed by atoms with E-state index in [2.05, 4.69) is 25.2 Å². The van der Waals surface area contributed by atoms with Crippen LogP contribution in [0.4, 0.5) is 19.0 Å². The number of ether oxygens (including phenoxy) is 1.